The number of hydrogen-bond acceptors (Lipinski definition) is 3. The fourth-order valence-corrected chi connectivity index (χ4v) is 1.71. The SMILES string of the molecule is COCC(=O)NCC1CCCCNC1. The molecule has 0 aromatic heterocycles. The largest absolute Gasteiger partial charge is 0.375 e. The Morgan fingerprint density at radius 2 is 2.43 bits per heavy atom. The van der Waals surface area contributed by atoms with Crippen molar-refractivity contribution in [1.82, 2.24) is 10.6 Å². The third-order valence-corrected chi connectivity index (χ3v) is 2.51. The van der Waals surface area contributed by atoms with Gasteiger partial charge in [-0.15, -0.1) is 0 Å². The summed E-state index contributed by atoms with van der Waals surface area (Å²) in [6.45, 7) is 3.07. The zero-order valence-corrected chi connectivity index (χ0v) is 8.84. The second-order valence-corrected chi connectivity index (χ2v) is 3.80. The number of nitrogens with one attached hydrogen (secondary N) is 2. The molecule has 0 bridgehead atoms. The van der Waals surface area contributed by atoms with Gasteiger partial charge in [-0.3, -0.25) is 4.79 Å². The average Bonchev–Trinajstić information content (AvgIpc) is 2.43. The minimum atomic E-state index is -0.0169. The molecule has 14 heavy (non-hydrogen) atoms. The van der Waals surface area contributed by atoms with E-state index in [2.05, 4.69) is 10.6 Å². The van der Waals surface area contributed by atoms with Gasteiger partial charge in [-0.05, 0) is 31.8 Å². The van der Waals surface area contributed by atoms with Crippen LogP contribution < -0.4 is 10.6 Å². The Bertz CT molecular complexity index is 166. The van der Waals surface area contributed by atoms with Crippen LogP contribution in [0.25, 0.3) is 0 Å². The Hall–Kier alpha value is -0.610. The van der Waals surface area contributed by atoms with Crippen LogP contribution in [0.2, 0.25) is 0 Å². The smallest absolute Gasteiger partial charge is 0.245 e. The van der Waals surface area contributed by atoms with Gasteiger partial charge in [0.25, 0.3) is 0 Å². The lowest BCUT2D eigenvalue weighted by atomic mass is 10.0. The van der Waals surface area contributed by atoms with E-state index in [9.17, 15) is 4.79 Å². The van der Waals surface area contributed by atoms with Gasteiger partial charge >= 0.3 is 0 Å². The van der Waals surface area contributed by atoms with Gasteiger partial charge < -0.3 is 15.4 Å². The van der Waals surface area contributed by atoms with E-state index in [0.717, 1.165) is 19.6 Å². The number of ether oxygens (including phenoxy) is 1. The summed E-state index contributed by atoms with van der Waals surface area (Å²) in [5.41, 5.74) is 0. The van der Waals surface area contributed by atoms with Gasteiger partial charge in [-0.2, -0.15) is 0 Å². The van der Waals surface area contributed by atoms with Crippen molar-refractivity contribution in [1.29, 1.82) is 0 Å². The molecule has 0 saturated carbocycles. The lowest BCUT2D eigenvalue weighted by Gasteiger charge is -2.14. The van der Waals surface area contributed by atoms with E-state index in [-0.39, 0.29) is 12.5 Å². The molecule has 1 aliphatic heterocycles. The van der Waals surface area contributed by atoms with Crippen LogP contribution in [0.3, 0.4) is 0 Å². The number of hydrogen-bond donors (Lipinski definition) is 2. The van der Waals surface area contributed by atoms with Crippen molar-refractivity contribution in [2.45, 2.75) is 19.3 Å². The number of amides is 1. The summed E-state index contributed by atoms with van der Waals surface area (Å²) in [6.07, 6.45) is 3.72. The van der Waals surface area contributed by atoms with Crippen LogP contribution >= 0.6 is 0 Å². The summed E-state index contributed by atoms with van der Waals surface area (Å²) in [6, 6.07) is 0. The molecule has 1 atom stereocenters. The monoisotopic (exact) mass is 200 g/mol. The average molecular weight is 200 g/mol. The fourth-order valence-electron chi connectivity index (χ4n) is 1.71. The molecule has 1 heterocycles. The third-order valence-electron chi connectivity index (χ3n) is 2.51. The fraction of sp³-hybridized carbons (Fsp3) is 0.900. The predicted octanol–water partition coefficient (Wildman–Crippen LogP) is 0.139. The van der Waals surface area contributed by atoms with Gasteiger partial charge in [0.05, 0.1) is 0 Å². The van der Waals surface area contributed by atoms with Crippen molar-refractivity contribution in [3.63, 3.8) is 0 Å². The molecule has 0 aromatic carbocycles. The molecular formula is C10H20N2O2. The van der Waals surface area contributed by atoms with Crippen LogP contribution in [0.4, 0.5) is 0 Å². The highest BCUT2D eigenvalue weighted by Crippen LogP contribution is 2.09. The second kappa shape index (κ2) is 6.79. The van der Waals surface area contributed by atoms with E-state index in [1.54, 1.807) is 0 Å². The van der Waals surface area contributed by atoms with Crippen LogP contribution in [-0.2, 0) is 9.53 Å². The van der Waals surface area contributed by atoms with Gasteiger partial charge in [0.15, 0.2) is 0 Å². The number of rotatable bonds is 4. The van der Waals surface area contributed by atoms with Crippen LogP contribution in [0.15, 0.2) is 0 Å². The summed E-state index contributed by atoms with van der Waals surface area (Å²) in [7, 11) is 1.53. The first-order valence-electron chi connectivity index (χ1n) is 5.29. The van der Waals surface area contributed by atoms with E-state index in [0.29, 0.717) is 5.92 Å². The van der Waals surface area contributed by atoms with Crippen molar-refractivity contribution in [2.24, 2.45) is 5.92 Å². The molecule has 1 fully saturated rings. The molecular weight excluding hydrogens is 180 g/mol. The Labute approximate surface area is 85.4 Å². The lowest BCUT2D eigenvalue weighted by molar-refractivity contribution is -0.124. The minimum absolute atomic E-state index is 0.0169. The molecule has 0 radical (unpaired) electrons. The topological polar surface area (TPSA) is 50.4 Å². The van der Waals surface area contributed by atoms with Crippen molar-refractivity contribution in [2.75, 3.05) is 33.4 Å². The van der Waals surface area contributed by atoms with Crippen molar-refractivity contribution in [3.05, 3.63) is 0 Å². The standard InChI is InChI=1S/C10H20N2O2/c1-14-8-10(13)12-7-9-4-2-3-5-11-6-9/h9,11H,2-8H2,1H3,(H,12,13). The zero-order chi connectivity index (χ0) is 10.2. The van der Waals surface area contributed by atoms with E-state index in [1.807, 2.05) is 0 Å². The molecule has 2 N–H and O–H groups in total. The Balaban J connectivity index is 2.12. The molecule has 0 aromatic rings. The summed E-state index contributed by atoms with van der Waals surface area (Å²) in [5, 5.41) is 6.25. The van der Waals surface area contributed by atoms with Gasteiger partial charge in [-0.25, -0.2) is 0 Å². The molecule has 1 aliphatic rings. The van der Waals surface area contributed by atoms with E-state index < -0.39 is 0 Å². The van der Waals surface area contributed by atoms with E-state index in [4.69, 9.17) is 4.74 Å². The minimum Gasteiger partial charge on any atom is -0.375 e. The highest BCUT2D eigenvalue weighted by Gasteiger charge is 2.12. The lowest BCUT2D eigenvalue weighted by Crippen LogP contribution is -2.35. The van der Waals surface area contributed by atoms with Crippen LogP contribution in [0.1, 0.15) is 19.3 Å². The molecule has 1 unspecified atom stereocenters. The molecule has 1 saturated heterocycles. The molecule has 0 aliphatic carbocycles. The van der Waals surface area contributed by atoms with Gasteiger partial charge in [0.2, 0.25) is 5.91 Å². The Morgan fingerprint density at radius 1 is 1.57 bits per heavy atom. The van der Waals surface area contributed by atoms with E-state index in [1.165, 1.54) is 26.4 Å². The Kier molecular flexibility index (Phi) is 5.56. The van der Waals surface area contributed by atoms with Crippen molar-refractivity contribution < 1.29 is 9.53 Å². The third kappa shape index (κ3) is 4.58. The number of carbonyl (C=O) groups is 1. The first-order chi connectivity index (χ1) is 6.83. The zero-order valence-electron chi connectivity index (χ0n) is 8.84. The Morgan fingerprint density at radius 3 is 3.21 bits per heavy atom. The number of carbonyl (C=O) groups excluding carboxylic acids is 1. The summed E-state index contributed by atoms with van der Waals surface area (Å²) >= 11 is 0. The quantitative estimate of drug-likeness (QED) is 0.678. The predicted molar refractivity (Wildman–Crippen MR) is 55.1 cm³/mol. The van der Waals surface area contributed by atoms with Crippen LogP contribution in [0.5, 0.6) is 0 Å². The van der Waals surface area contributed by atoms with Gasteiger partial charge in [-0.1, -0.05) is 6.42 Å². The maximum absolute atomic E-state index is 11.1. The van der Waals surface area contributed by atoms with Crippen molar-refractivity contribution in [3.8, 4) is 0 Å². The summed E-state index contributed by atoms with van der Waals surface area (Å²) in [5.74, 6) is 0.565. The van der Waals surface area contributed by atoms with Crippen LogP contribution in [-0.4, -0.2) is 39.3 Å². The number of methoxy groups -OCH3 is 1. The van der Waals surface area contributed by atoms with Gasteiger partial charge in [0.1, 0.15) is 6.61 Å². The van der Waals surface area contributed by atoms with E-state index >= 15 is 0 Å². The summed E-state index contributed by atoms with van der Waals surface area (Å²) < 4.78 is 4.74. The molecule has 1 amide bonds. The normalized spacial score (nSPS) is 22.8. The molecule has 0 spiro atoms. The highest BCUT2D eigenvalue weighted by molar-refractivity contribution is 5.77. The van der Waals surface area contributed by atoms with Crippen LogP contribution in [0, 0.1) is 5.92 Å². The molecule has 82 valence electrons. The molecule has 4 heteroatoms. The summed E-state index contributed by atoms with van der Waals surface area (Å²) in [4.78, 5) is 11.1. The maximum atomic E-state index is 11.1. The first-order valence-corrected chi connectivity index (χ1v) is 5.29. The molecule has 4 nitrogen and oxygen atoms in total. The van der Waals surface area contributed by atoms with Gasteiger partial charge in [0, 0.05) is 13.7 Å². The molecule has 1 rings (SSSR count). The second-order valence-electron chi connectivity index (χ2n) is 3.80. The maximum Gasteiger partial charge on any atom is 0.245 e. The first kappa shape index (κ1) is 11.5. The van der Waals surface area contributed by atoms with Crippen molar-refractivity contribution >= 4 is 5.91 Å². The highest BCUT2D eigenvalue weighted by atomic mass is 16.5.